The van der Waals surface area contributed by atoms with E-state index in [4.69, 9.17) is 0 Å². The third kappa shape index (κ3) is 3.35. The van der Waals surface area contributed by atoms with Gasteiger partial charge in [0, 0.05) is 32.8 Å². The van der Waals surface area contributed by atoms with E-state index < -0.39 is 4.92 Å². The molecule has 0 saturated heterocycles. The Labute approximate surface area is 140 Å². The molecule has 0 radical (unpaired) electrons. The van der Waals surface area contributed by atoms with E-state index in [9.17, 15) is 14.9 Å². The first-order valence-electron chi connectivity index (χ1n) is 6.70. The van der Waals surface area contributed by atoms with Crippen molar-refractivity contribution in [2.24, 2.45) is 0 Å². The van der Waals surface area contributed by atoms with Crippen LogP contribution in [0.1, 0.15) is 9.67 Å². The molecule has 0 spiro atoms. The first-order valence-corrected chi connectivity index (χ1v) is 8.74. The van der Waals surface area contributed by atoms with Crippen LogP contribution >= 0.6 is 23.1 Å². The summed E-state index contributed by atoms with van der Waals surface area (Å²) in [6, 6.07) is 13.9. The summed E-state index contributed by atoms with van der Waals surface area (Å²) in [6.07, 6.45) is 1.99. The highest BCUT2D eigenvalue weighted by Crippen LogP contribution is 2.29. The molecule has 1 heterocycles. The lowest BCUT2D eigenvalue weighted by Gasteiger charge is -2.04. The highest BCUT2D eigenvalue weighted by Gasteiger charge is 2.13. The number of anilines is 1. The third-order valence-corrected chi connectivity index (χ3v) is 5.14. The number of nitro groups is 1. The van der Waals surface area contributed by atoms with Crippen LogP contribution in [0.4, 0.5) is 11.4 Å². The predicted molar refractivity (Wildman–Crippen MR) is 94.7 cm³/mol. The van der Waals surface area contributed by atoms with Crippen molar-refractivity contribution in [2.75, 3.05) is 11.6 Å². The van der Waals surface area contributed by atoms with Gasteiger partial charge in [-0.1, -0.05) is 0 Å². The quantitative estimate of drug-likeness (QED) is 0.420. The fourth-order valence-electron chi connectivity index (χ4n) is 2.12. The summed E-state index contributed by atoms with van der Waals surface area (Å²) in [5.74, 6) is -0.217. The SMILES string of the molecule is CSc1ccc(NC(=O)c2cc3cc([N+](=O)[O-])ccc3s2)cc1. The van der Waals surface area contributed by atoms with Gasteiger partial charge in [0.2, 0.25) is 0 Å². The Balaban J connectivity index is 1.83. The average Bonchev–Trinajstić information content (AvgIpc) is 2.98. The number of hydrogen-bond acceptors (Lipinski definition) is 5. The zero-order chi connectivity index (χ0) is 16.4. The van der Waals surface area contributed by atoms with E-state index in [2.05, 4.69) is 5.32 Å². The maximum Gasteiger partial charge on any atom is 0.270 e. The smallest absolute Gasteiger partial charge is 0.270 e. The van der Waals surface area contributed by atoms with Crippen molar-refractivity contribution in [1.82, 2.24) is 0 Å². The minimum Gasteiger partial charge on any atom is -0.321 e. The summed E-state index contributed by atoms with van der Waals surface area (Å²) >= 11 is 2.95. The largest absolute Gasteiger partial charge is 0.321 e. The molecule has 0 fully saturated rings. The molecule has 0 aliphatic rings. The molecule has 1 aromatic heterocycles. The van der Waals surface area contributed by atoms with Gasteiger partial charge < -0.3 is 5.32 Å². The van der Waals surface area contributed by atoms with E-state index in [-0.39, 0.29) is 11.6 Å². The molecule has 0 saturated carbocycles. The van der Waals surface area contributed by atoms with Crippen LogP contribution < -0.4 is 5.32 Å². The van der Waals surface area contributed by atoms with Crippen LogP contribution in [0.2, 0.25) is 0 Å². The molecule has 1 N–H and O–H groups in total. The molecule has 0 atom stereocenters. The highest BCUT2D eigenvalue weighted by atomic mass is 32.2. The Morgan fingerprint density at radius 1 is 1.17 bits per heavy atom. The number of rotatable bonds is 4. The van der Waals surface area contributed by atoms with Gasteiger partial charge in [0.15, 0.2) is 0 Å². The number of hydrogen-bond donors (Lipinski definition) is 1. The molecule has 5 nitrogen and oxygen atoms in total. The fourth-order valence-corrected chi connectivity index (χ4v) is 3.47. The lowest BCUT2D eigenvalue weighted by molar-refractivity contribution is -0.384. The molecule has 23 heavy (non-hydrogen) atoms. The van der Waals surface area contributed by atoms with Gasteiger partial charge in [-0.3, -0.25) is 14.9 Å². The van der Waals surface area contributed by atoms with Gasteiger partial charge in [-0.15, -0.1) is 23.1 Å². The second-order valence-electron chi connectivity index (χ2n) is 4.77. The number of fused-ring (bicyclic) bond motifs is 1. The van der Waals surface area contributed by atoms with Gasteiger partial charge in [-0.2, -0.15) is 0 Å². The number of carbonyl (C=O) groups is 1. The van der Waals surface area contributed by atoms with Crippen LogP contribution in [-0.4, -0.2) is 17.1 Å². The van der Waals surface area contributed by atoms with Crippen molar-refractivity contribution < 1.29 is 9.72 Å². The molecule has 2 aromatic carbocycles. The molecule has 0 unspecified atom stereocenters. The first-order chi connectivity index (χ1) is 11.1. The van der Waals surface area contributed by atoms with Gasteiger partial charge >= 0.3 is 0 Å². The minimum atomic E-state index is -0.440. The molecule has 7 heteroatoms. The van der Waals surface area contributed by atoms with Gasteiger partial charge in [0.05, 0.1) is 9.80 Å². The second-order valence-corrected chi connectivity index (χ2v) is 6.74. The van der Waals surface area contributed by atoms with Crippen LogP contribution in [0.15, 0.2) is 53.4 Å². The normalized spacial score (nSPS) is 10.7. The lowest BCUT2D eigenvalue weighted by Crippen LogP contribution is -2.09. The molecule has 3 aromatic rings. The molecule has 0 bridgehead atoms. The summed E-state index contributed by atoms with van der Waals surface area (Å²) in [4.78, 5) is 24.3. The molecular weight excluding hydrogens is 332 g/mol. The summed E-state index contributed by atoms with van der Waals surface area (Å²) in [6.45, 7) is 0. The van der Waals surface area contributed by atoms with Crippen molar-refractivity contribution in [2.45, 2.75) is 4.90 Å². The van der Waals surface area contributed by atoms with Crippen molar-refractivity contribution in [3.63, 3.8) is 0 Å². The number of thiophene rings is 1. The highest BCUT2D eigenvalue weighted by molar-refractivity contribution is 7.98. The lowest BCUT2D eigenvalue weighted by atomic mass is 10.2. The van der Waals surface area contributed by atoms with Crippen LogP contribution in [0.3, 0.4) is 0 Å². The van der Waals surface area contributed by atoms with E-state index >= 15 is 0 Å². The average molecular weight is 344 g/mol. The van der Waals surface area contributed by atoms with Crippen molar-refractivity contribution in [3.05, 3.63) is 63.5 Å². The Hall–Kier alpha value is -2.38. The minimum absolute atomic E-state index is 0.0231. The molecular formula is C16H12N2O3S2. The Kier molecular flexibility index (Phi) is 4.31. The Bertz CT molecular complexity index is 888. The Morgan fingerprint density at radius 3 is 2.57 bits per heavy atom. The molecule has 3 rings (SSSR count). The summed E-state index contributed by atoms with van der Waals surface area (Å²) in [7, 11) is 0. The number of nitrogens with zero attached hydrogens (tertiary/aromatic N) is 1. The van der Waals surface area contributed by atoms with Crippen LogP contribution in [0.25, 0.3) is 10.1 Å². The summed E-state index contributed by atoms with van der Waals surface area (Å²) in [5.41, 5.74) is 0.742. The van der Waals surface area contributed by atoms with Crippen molar-refractivity contribution in [1.29, 1.82) is 0 Å². The van der Waals surface area contributed by atoms with Crippen molar-refractivity contribution in [3.8, 4) is 0 Å². The number of benzene rings is 2. The van der Waals surface area contributed by atoms with Gasteiger partial charge in [0.25, 0.3) is 11.6 Å². The third-order valence-electron chi connectivity index (χ3n) is 3.28. The zero-order valence-electron chi connectivity index (χ0n) is 12.1. The van der Waals surface area contributed by atoms with E-state index in [1.165, 1.54) is 23.5 Å². The maximum atomic E-state index is 12.3. The number of nitrogens with one attached hydrogen (secondary N) is 1. The van der Waals surface area contributed by atoms with E-state index in [0.29, 0.717) is 10.3 Å². The fraction of sp³-hybridized carbons (Fsp3) is 0.0625. The number of carbonyl (C=O) groups excluding carboxylic acids is 1. The van der Waals surface area contributed by atoms with Gasteiger partial charge in [0.1, 0.15) is 0 Å². The van der Waals surface area contributed by atoms with Crippen LogP contribution in [0, 0.1) is 10.1 Å². The molecule has 1 amide bonds. The van der Waals surface area contributed by atoms with Crippen LogP contribution in [0.5, 0.6) is 0 Å². The monoisotopic (exact) mass is 344 g/mol. The number of non-ortho nitro benzene ring substituents is 1. The van der Waals surface area contributed by atoms with E-state index in [0.717, 1.165) is 15.3 Å². The molecule has 0 aliphatic heterocycles. The maximum absolute atomic E-state index is 12.3. The number of amides is 1. The zero-order valence-corrected chi connectivity index (χ0v) is 13.7. The second kappa shape index (κ2) is 6.39. The summed E-state index contributed by atoms with van der Waals surface area (Å²) < 4.78 is 0.846. The van der Waals surface area contributed by atoms with Crippen molar-refractivity contribution >= 4 is 50.5 Å². The van der Waals surface area contributed by atoms with Crippen LogP contribution in [-0.2, 0) is 0 Å². The topological polar surface area (TPSA) is 72.2 Å². The van der Waals surface area contributed by atoms with E-state index in [1.54, 1.807) is 23.9 Å². The van der Waals surface area contributed by atoms with Gasteiger partial charge in [-0.05, 0) is 42.7 Å². The van der Waals surface area contributed by atoms with E-state index in [1.807, 2.05) is 30.5 Å². The standard InChI is InChI=1S/C16H12N2O3S2/c1-22-13-5-2-11(3-6-13)17-16(19)15-9-10-8-12(18(20)21)4-7-14(10)23-15/h2-9H,1H3,(H,17,19). The number of thioether (sulfide) groups is 1. The first kappa shape index (κ1) is 15.5. The number of nitro benzene ring substituents is 1. The predicted octanol–water partition coefficient (Wildman–Crippen LogP) is 4.78. The molecule has 0 aliphatic carbocycles. The summed E-state index contributed by atoms with van der Waals surface area (Å²) in [5, 5.41) is 14.3. The molecule has 116 valence electrons. The van der Waals surface area contributed by atoms with Gasteiger partial charge in [-0.25, -0.2) is 0 Å². The Morgan fingerprint density at radius 2 is 1.91 bits per heavy atom.